The van der Waals surface area contributed by atoms with E-state index in [1.165, 1.54) is 19.3 Å². The first-order valence-corrected chi connectivity index (χ1v) is 10.9. The standard InChI is InChI=1S/C22H32N4O2/c27-20(22-12-4-3-7-17(22)15-23-16-22)24-18-8-10-19(11-9-18)25-21(28)26-13-5-1-2-6-14-26/h8-11,17,23H,1-7,12-16H2,(H,24,27)(H,25,28)/t17-,22+/m0/s1. The van der Waals surface area contributed by atoms with Gasteiger partial charge in [-0.2, -0.15) is 0 Å². The largest absolute Gasteiger partial charge is 0.326 e. The fourth-order valence-corrected chi connectivity index (χ4v) is 5.06. The van der Waals surface area contributed by atoms with Crippen molar-refractivity contribution in [2.24, 2.45) is 11.3 Å². The number of carbonyl (C=O) groups is 2. The third-order valence-corrected chi connectivity index (χ3v) is 6.78. The van der Waals surface area contributed by atoms with Crippen LogP contribution < -0.4 is 16.0 Å². The predicted molar refractivity (Wildman–Crippen MR) is 111 cm³/mol. The average molecular weight is 385 g/mol. The number of fused-ring (bicyclic) bond motifs is 1. The minimum atomic E-state index is -0.252. The van der Waals surface area contributed by atoms with Gasteiger partial charge in [-0.05, 0) is 62.4 Å². The van der Waals surface area contributed by atoms with Crippen LogP contribution in [-0.2, 0) is 4.79 Å². The maximum absolute atomic E-state index is 13.0. The molecule has 0 unspecified atom stereocenters. The Bertz CT molecular complexity index is 697. The molecule has 2 aliphatic heterocycles. The second kappa shape index (κ2) is 8.52. The Hall–Kier alpha value is -2.08. The van der Waals surface area contributed by atoms with E-state index >= 15 is 0 Å². The first-order valence-electron chi connectivity index (χ1n) is 10.9. The Kier molecular flexibility index (Phi) is 5.85. The lowest BCUT2D eigenvalue weighted by Gasteiger charge is -2.37. The van der Waals surface area contributed by atoms with Gasteiger partial charge in [0, 0.05) is 31.0 Å². The Morgan fingerprint density at radius 1 is 0.929 bits per heavy atom. The third kappa shape index (κ3) is 4.02. The molecule has 0 radical (unpaired) electrons. The molecule has 6 heteroatoms. The molecule has 6 nitrogen and oxygen atoms in total. The summed E-state index contributed by atoms with van der Waals surface area (Å²) in [5.41, 5.74) is 1.31. The summed E-state index contributed by atoms with van der Waals surface area (Å²) in [6.45, 7) is 3.40. The highest BCUT2D eigenvalue weighted by atomic mass is 16.2. The van der Waals surface area contributed by atoms with E-state index in [0.717, 1.165) is 69.7 Å². The molecule has 28 heavy (non-hydrogen) atoms. The van der Waals surface area contributed by atoms with Crippen LogP contribution in [0.15, 0.2) is 24.3 Å². The van der Waals surface area contributed by atoms with Gasteiger partial charge in [0.15, 0.2) is 0 Å². The molecule has 0 aromatic heterocycles. The normalized spacial score (nSPS) is 27.6. The van der Waals surface area contributed by atoms with E-state index < -0.39 is 0 Å². The Balaban J connectivity index is 1.35. The van der Waals surface area contributed by atoms with Gasteiger partial charge in [0.25, 0.3) is 0 Å². The first-order chi connectivity index (χ1) is 13.7. The number of carbonyl (C=O) groups excluding carboxylic acids is 2. The topological polar surface area (TPSA) is 73.5 Å². The molecule has 3 aliphatic rings. The van der Waals surface area contributed by atoms with Crippen molar-refractivity contribution in [1.29, 1.82) is 0 Å². The van der Waals surface area contributed by atoms with Crippen molar-refractivity contribution in [3.8, 4) is 0 Å². The van der Waals surface area contributed by atoms with E-state index in [2.05, 4.69) is 16.0 Å². The molecule has 2 heterocycles. The van der Waals surface area contributed by atoms with Crippen LogP contribution in [0.5, 0.6) is 0 Å². The molecule has 3 amide bonds. The second-order valence-corrected chi connectivity index (χ2v) is 8.59. The molecule has 1 saturated carbocycles. The number of urea groups is 1. The number of likely N-dealkylation sites (tertiary alicyclic amines) is 1. The molecule has 0 spiro atoms. The van der Waals surface area contributed by atoms with Gasteiger partial charge < -0.3 is 20.9 Å². The van der Waals surface area contributed by atoms with Gasteiger partial charge in [0.1, 0.15) is 0 Å². The van der Waals surface area contributed by atoms with E-state index in [0.29, 0.717) is 5.92 Å². The smallest absolute Gasteiger partial charge is 0.321 e. The zero-order chi connectivity index (χ0) is 19.4. The minimum absolute atomic E-state index is 0.0281. The summed E-state index contributed by atoms with van der Waals surface area (Å²) in [6.07, 6.45) is 9.04. The molecular weight excluding hydrogens is 352 g/mol. The van der Waals surface area contributed by atoms with Crippen LogP contribution in [0.1, 0.15) is 51.4 Å². The van der Waals surface area contributed by atoms with Crippen LogP contribution in [0.25, 0.3) is 0 Å². The summed E-state index contributed by atoms with van der Waals surface area (Å²) in [5.74, 6) is 0.594. The summed E-state index contributed by atoms with van der Waals surface area (Å²) in [4.78, 5) is 27.4. The quantitative estimate of drug-likeness (QED) is 0.742. The van der Waals surface area contributed by atoms with Gasteiger partial charge >= 0.3 is 6.03 Å². The van der Waals surface area contributed by atoms with Gasteiger partial charge in [0.2, 0.25) is 5.91 Å². The summed E-state index contributed by atoms with van der Waals surface area (Å²) in [7, 11) is 0. The maximum Gasteiger partial charge on any atom is 0.321 e. The predicted octanol–water partition coefficient (Wildman–Crippen LogP) is 3.81. The molecular formula is C22H32N4O2. The van der Waals surface area contributed by atoms with Gasteiger partial charge in [-0.3, -0.25) is 4.79 Å². The Morgan fingerprint density at radius 3 is 2.32 bits per heavy atom. The van der Waals surface area contributed by atoms with Gasteiger partial charge in [-0.1, -0.05) is 25.7 Å². The van der Waals surface area contributed by atoms with Crippen molar-refractivity contribution in [3.63, 3.8) is 0 Å². The average Bonchev–Trinajstić information content (AvgIpc) is 2.97. The first kappa shape index (κ1) is 19.2. The maximum atomic E-state index is 13.0. The second-order valence-electron chi connectivity index (χ2n) is 8.59. The molecule has 0 bridgehead atoms. The highest BCUT2D eigenvalue weighted by molar-refractivity contribution is 5.96. The molecule has 2 saturated heterocycles. The number of hydrogen-bond acceptors (Lipinski definition) is 3. The fourth-order valence-electron chi connectivity index (χ4n) is 5.06. The molecule has 3 fully saturated rings. The van der Waals surface area contributed by atoms with Crippen molar-refractivity contribution < 1.29 is 9.59 Å². The number of rotatable bonds is 3. The van der Waals surface area contributed by atoms with Crippen molar-refractivity contribution in [1.82, 2.24) is 10.2 Å². The number of nitrogens with one attached hydrogen (secondary N) is 3. The lowest BCUT2D eigenvalue weighted by atomic mass is 9.67. The van der Waals surface area contributed by atoms with Crippen molar-refractivity contribution >= 4 is 23.3 Å². The molecule has 1 aromatic carbocycles. The van der Waals surface area contributed by atoms with Crippen LogP contribution in [-0.4, -0.2) is 43.0 Å². The highest BCUT2D eigenvalue weighted by Gasteiger charge is 2.49. The molecule has 1 aromatic rings. The van der Waals surface area contributed by atoms with Crippen LogP contribution >= 0.6 is 0 Å². The van der Waals surface area contributed by atoms with Gasteiger partial charge in [-0.15, -0.1) is 0 Å². The Morgan fingerprint density at radius 2 is 1.61 bits per heavy atom. The van der Waals surface area contributed by atoms with Gasteiger partial charge in [-0.25, -0.2) is 4.79 Å². The fraction of sp³-hybridized carbons (Fsp3) is 0.636. The van der Waals surface area contributed by atoms with Crippen LogP contribution in [0, 0.1) is 11.3 Å². The van der Waals surface area contributed by atoms with Crippen LogP contribution in [0.3, 0.4) is 0 Å². The van der Waals surface area contributed by atoms with Crippen molar-refractivity contribution in [3.05, 3.63) is 24.3 Å². The minimum Gasteiger partial charge on any atom is -0.326 e. The van der Waals surface area contributed by atoms with E-state index in [4.69, 9.17) is 0 Å². The van der Waals surface area contributed by atoms with Crippen LogP contribution in [0.2, 0.25) is 0 Å². The van der Waals surface area contributed by atoms with Crippen molar-refractivity contribution in [2.45, 2.75) is 51.4 Å². The third-order valence-electron chi connectivity index (χ3n) is 6.78. The zero-order valence-corrected chi connectivity index (χ0v) is 16.6. The lowest BCUT2D eigenvalue weighted by Crippen LogP contribution is -2.44. The summed E-state index contributed by atoms with van der Waals surface area (Å²) in [5, 5.41) is 9.53. The Labute approximate surface area is 167 Å². The molecule has 1 aliphatic carbocycles. The van der Waals surface area contributed by atoms with Crippen molar-refractivity contribution in [2.75, 3.05) is 36.8 Å². The summed E-state index contributed by atoms with van der Waals surface area (Å²) < 4.78 is 0. The SMILES string of the molecule is O=C(Nc1ccc(NC(=O)[C@@]23CCCC[C@H]2CNC3)cc1)N1CCCCCC1. The monoisotopic (exact) mass is 384 g/mol. The van der Waals surface area contributed by atoms with Crippen LogP contribution in [0.4, 0.5) is 16.2 Å². The lowest BCUT2D eigenvalue weighted by molar-refractivity contribution is -0.128. The van der Waals surface area contributed by atoms with E-state index in [9.17, 15) is 9.59 Å². The molecule has 2 atom stereocenters. The summed E-state index contributed by atoms with van der Waals surface area (Å²) >= 11 is 0. The number of amides is 3. The summed E-state index contributed by atoms with van der Waals surface area (Å²) in [6, 6.07) is 7.47. The molecule has 4 rings (SSSR count). The van der Waals surface area contributed by atoms with E-state index in [-0.39, 0.29) is 17.4 Å². The van der Waals surface area contributed by atoms with Gasteiger partial charge in [0.05, 0.1) is 5.41 Å². The number of hydrogen-bond donors (Lipinski definition) is 3. The number of benzene rings is 1. The van der Waals surface area contributed by atoms with E-state index in [1.54, 1.807) is 0 Å². The van der Waals surface area contributed by atoms with E-state index in [1.807, 2.05) is 29.2 Å². The zero-order valence-electron chi connectivity index (χ0n) is 16.6. The highest BCUT2D eigenvalue weighted by Crippen LogP contribution is 2.44. The molecule has 3 N–H and O–H groups in total. The number of nitrogens with zero attached hydrogens (tertiary/aromatic N) is 1. The molecule has 152 valence electrons. The number of anilines is 2.